The first-order valence-electron chi connectivity index (χ1n) is 6.88. The van der Waals surface area contributed by atoms with Gasteiger partial charge in [-0.25, -0.2) is 0 Å². The third-order valence-electron chi connectivity index (χ3n) is 3.62. The number of rotatable bonds is 5. The number of para-hydroxylation sites is 1. The van der Waals surface area contributed by atoms with E-state index in [1.165, 1.54) is 11.3 Å². The summed E-state index contributed by atoms with van der Waals surface area (Å²) in [7, 11) is 1.76. The summed E-state index contributed by atoms with van der Waals surface area (Å²) in [5.41, 5.74) is 8.35. The Morgan fingerprint density at radius 2 is 2.32 bits per heavy atom. The Bertz CT molecular complexity index is 423. The predicted octanol–water partition coefficient (Wildman–Crippen LogP) is 2.70. The summed E-state index contributed by atoms with van der Waals surface area (Å²) in [6.07, 6.45) is 2.03. The van der Waals surface area contributed by atoms with Gasteiger partial charge >= 0.3 is 0 Å². The molecule has 3 nitrogen and oxygen atoms in total. The van der Waals surface area contributed by atoms with Crippen LogP contribution in [0.4, 0.5) is 5.69 Å². The van der Waals surface area contributed by atoms with Gasteiger partial charge < -0.3 is 15.4 Å². The van der Waals surface area contributed by atoms with Crippen LogP contribution < -0.4 is 10.6 Å². The summed E-state index contributed by atoms with van der Waals surface area (Å²) in [6, 6.07) is 6.25. The molecule has 19 heavy (non-hydrogen) atoms. The van der Waals surface area contributed by atoms with Crippen LogP contribution in [0.1, 0.15) is 18.9 Å². The van der Waals surface area contributed by atoms with Crippen molar-refractivity contribution in [3.05, 3.63) is 28.8 Å². The number of anilines is 1. The predicted molar refractivity (Wildman–Crippen MR) is 81.0 cm³/mol. The standard InChI is InChI=1S/C15H23ClN2O/c1-11(17)8-13-4-3-5-14(16)15(13)18-7-6-12(9-18)10-19-2/h3-5,11-12H,6-10,17H2,1-2H3. The van der Waals surface area contributed by atoms with Crippen LogP contribution in [-0.2, 0) is 11.2 Å². The van der Waals surface area contributed by atoms with Crippen molar-refractivity contribution in [1.82, 2.24) is 0 Å². The Balaban J connectivity index is 2.19. The molecule has 0 radical (unpaired) electrons. The second-order valence-electron chi connectivity index (χ2n) is 5.49. The molecule has 2 N–H and O–H groups in total. The lowest BCUT2D eigenvalue weighted by molar-refractivity contribution is 0.161. The topological polar surface area (TPSA) is 38.5 Å². The van der Waals surface area contributed by atoms with Crippen molar-refractivity contribution in [2.45, 2.75) is 25.8 Å². The number of halogens is 1. The first-order chi connectivity index (χ1) is 9.11. The van der Waals surface area contributed by atoms with Gasteiger partial charge in [-0.15, -0.1) is 0 Å². The lowest BCUT2D eigenvalue weighted by Crippen LogP contribution is -2.25. The van der Waals surface area contributed by atoms with E-state index >= 15 is 0 Å². The first kappa shape index (κ1) is 14.6. The van der Waals surface area contributed by atoms with Gasteiger partial charge in [-0.1, -0.05) is 23.7 Å². The van der Waals surface area contributed by atoms with Crippen molar-refractivity contribution in [2.75, 3.05) is 31.7 Å². The number of hydrogen-bond acceptors (Lipinski definition) is 3. The van der Waals surface area contributed by atoms with E-state index in [0.29, 0.717) is 5.92 Å². The van der Waals surface area contributed by atoms with Gasteiger partial charge in [0.25, 0.3) is 0 Å². The molecule has 4 heteroatoms. The van der Waals surface area contributed by atoms with Crippen LogP contribution in [0.15, 0.2) is 18.2 Å². The van der Waals surface area contributed by atoms with Gasteiger partial charge in [-0.2, -0.15) is 0 Å². The summed E-state index contributed by atoms with van der Waals surface area (Å²) in [6.45, 7) is 4.92. The summed E-state index contributed by atoms with van der Waals surface area (Å²) in [5, 5.41) is 0.830. The second kappa shape index (κ2) is 6.60. The van der Waals surface area contributed by atoms with Crippen molar-refractivity contribution in [1.29, 1.82) is 0 Å². The van der Waals surface area contributed by atoms with Gasteiger partial charge in [0.05, 0.1) is 17.3 Å². The molecule has 0 aliphatic carbocycles. The molecule has 0 saturated carbocycles. The average Bonchev–Trinajstić information content (AvgIpc) is 2.77. The van der Waals surface area contributed by atoms with Crippen LogP contribution in [0.5, 0.6) is 0 Å². The molecule has 2 rings (SSSR count). The molecule has 0 bridgehead atoms. The molecule has 106 valence electrons. The minimum absolute atomic E-state index is 0.148. The number of hydrogen-bond donors (Lipinski definition) is 1. The Kier molecular flexibility index (Phi) is 5.08. The first-order valence-corrected chi connectivity index (χ1v) is 7.26. The Labute approximate surface area is 120 Å². The van der Waals surface area contributed by atoms with E-state index in [1.54, 1.807) is 7.11 Å². The maximum absolute atomic E-state index is 6.40. The van der Waals surface area contributed by atoms with Gasteiger partial charge in [0.1, 0.15) is 0 Å². The minimum atomic E-state index is 0.148. The zero-order valence-corrected chi connectivity index (χ0v) is 12.5. The number of methoxy groups -OCH3 is 1. The van der Waals surface area contributed by atoms with Gasteiger partial charge in [0.15, 0.2) is 0 Å². The molecule has 1 heterocycles. The molecule has 1 aromatic rings. The number of benzene rings is 1. The average molecular weight is 283 g/mol. The Morgan fingerprint density at radius 1 is 1.53 bits per heavy atom. The van der Waals surface area contributed by atoms with E-state index in [4.69, 9.17) is 22.1 Å². The van der Waals surface area contributed by atoms with Crippen molar-refractivity contribution < 1.29 is 4.74 Å². The van der Waals surface area contributed by atoms with Gasteiger partial charge in [0, 0.05) is 32.2 Å². The monoisotopic (exact) mass is 282 g/mol. The van der Waals surface area contributed by atoms with Crippen LogP contribution in [0.3, 0.4) is 0 Å². The lowest BCUT2D eigenvalue weighted by atomic mass is 10.0. The Morgan fingerprint density at radius 3 is 3.00 bits per heavy atom. The zero-order valence-electron chi connectivity index (χ0n) is 11.7. The summed E-state index contributed by atoms with van der Waals surface area (Å²) in [4.78, 5) is 2.38. The molecule has 1 aromatic carbocycles. The molecule has 0 amide bonds. The summed E-state index contributed by atoms with van der Waals surface area (Å²) >= 11 is 6.40. The molecule has 1 fully saturated rings. The zero-order chi connectivity index (χ0) is 13.8. The van der Waals surface area contributed by atoms with E-state index in [1.807, 2.05) is 19.1 Å². The second-order valence-corrected chi connectivity index (χ2v) is 5.89. The highest BCUT2D eigenvalue weighted by Crippen LogP contribution is 2.34. The van der Waals surface area contributed by atoms with Crippen LogP contribution in [0, 0.1) is 5.92 Å². The molecule has 2 atom stereocenters. The highest BCUT2D eigenvalue weighted by Gasteiger charge is 2.25. The van der Waals surface area contributed by atoms with Crippen LogP contribution in [-0.4, -0.2) is 32.8 Å². The smallest absolute Gasteiger partial charge is 0.0642 e. The van der Waals surface area contributed by atoms with Crippen LogP contribution in [0.2, 0.25) is 5.02 Å². The molecule has 1 saturated heterocycles. The SMILES string of the molecule is COCC1CCN(c2c(Cl)cccc2CC(C)N)C1. The molecule has 0 aromatic heterocycles. The molecular formula is C15H23ClN2O. The van der Waals surface area contributed by atoms with E-state index in [2.05, 4.69) is 11.0 Å². The summed E-state index contributed by atoms with van der Waals surface area (Å²) in [5.74, 6) is 0.601. The fourth-order valence-corrected chi connectivity index (χ4v) is 3.15. The van der Waals surface area contributed by atoms with E-state index in [-0.39, 0.29) is 6.04 Å². The summed E-state index contributed by atoms with van der Waals surface area (Å²) < 4.78 is 5.26. The third kappa shape index (κ3) is 3.62. The molecular weight excluding hydrogens is 260 g/mol. The Hall–Kier alpha value is -0.770. The highest BCUT2D eigenvalue weighted by atomic mass is 35.5. The van der Waals surface area contributed by atoms with Crippen LogP contribution in [0.25, 0.3) is 0 Å². The number of nitrogens with two attached hydrogens (primary N) is 1. The third-order valence-corrected chi connectivity index (χ3v) is 3.92. The molecule has 1 aliphatic heterocycles. The van der Waals surface area contributed by atoms with Crippen molar-refractivity contribution in [3.63, 3.8) is 0 Å². The van der Waals surface area contributed by atoms with E-state index < -0.39 is 0 Å². The number of nitrogens with zero attached hydrogens (tertiary/aromatic N) is 1. The fourth-order valence-electron chi connectivity index (χ4n) is 2.83. The lowest BCUT2D eigenvalue weighted by Gasteiger charge is -2.24. The maximum Gasteiger partial charge on any atom is 0.0642 e. The van der Waals surface area contributed by atoms with Crippen molar-refractivity contribution in [3.8, 4) is 0 Å². The van der Waals surface area contributed by atoms with Gasteiger partial charge in [-0.3, -0.25) is 0 Å². The number of ether oxygens (including phenoxy) is 1. The quantitative estimate of drug-likeness (QED) is 0.902. The fraction of sp³-hybridized carbons (Fsp3) is 0.600. The van der Waals surface area contributed by atoms with E-state index in [0.717, 1.165) is 37.6 Å². The van der Waals surface area contributed by atoms with Gasteiger partial charge in [0.2, 0.25) is 0 Å². The molecule has 2 unspecified atom stereocenters. The minimum Gasteiger partial charge on any atom is -0.384 e. The van der Waals surface area contributed by atoms with Crippen molar-refractivity contribution >= 4 is 17.3 Å². The largest absolute Gasteiger partial charge is 0.384 e. The van der Waals surface area contributed by atoms with Crippen LogP contribution >= 0.6 is 11.6 Å². The normalized spacial score (nSPS) is 20.8. The maximum atomic E-state index is 6.40. The van der Waals surface area contributed by atoms with Gasteiger partial charge in [-0.05, 0) is 31.4 Å². The molecule has 1 aliphatic rings. The highest BCUT2D eigenvalue weighted by molar-refractivity contribution is 6.33. The molecule has 0 spiro atoms. The van der Waals surface area contributed by atoms with E-state index in [9.17, 15) is 0 Å². The van der Waals surface area contributed by atoms with Crippen molar-refractivity contribution in [2.24, 2.45) is 11.7 Å².